The van der Waals surface area contributed by atoms with Gasteiger partial charge in [0.25, 0.3) is 0 Å². The van der Waals surface area contributed by atoms with Crippen molar-refractivity contribution in [2.24, 2.45) is 0 Å². The Balaban J connectivity index is 3.28. The van der Waals surface area contributed by atoms with E-state index in [0.717, 1.165) is 5.69 Å². The zero-order valence-electron chi connectivity index (χ0n) is 10.1. The lowest BCUT2D eigenvalue weighted by atomic mass is 9.98. The number of hydrogen-bond donors (Lipinski definition) is 1. The Labute approximate surface area is 90.9 Å². The normalized spacial score (nSPS) is 15.4. The number of rotatable bonds is 4. The van der Waals surface area contributed by atoms with Crippen molar-refractivity contribution in [3.63, 3.8) is 0 Å². The van der Waals surface area contributed by atoms with Gasteiger partial charge in [0, 0.05) is 6.04 Å². The van der Waals surface area contributed by atoms with Crippen LogP contribution in [0.3, 0.4) is 0 Å². The summed E-state index contributed by atoms with van der Waals surface area (Å²) in [6.07, 6.45) is 2.28. The van der Waals surface area contributed by atoms with Gasteiger partial charge in [-0.15, -0.1) is 0 Å². The summed E-state index contributed by atoms with van der Waals surface area (Å²) in [5.74, 6) is 0.649. The van der Waals surface area contributed by atoms with E-state index in [1.165, 1.54) is 0 Å². The molecule has 1 rings (SSSR count). The first-order chi connectivity index (χ1) is 6.94. The van der Waals surface area contributed by atoms with Crippen molar-refractivity contribution in [2.45, 2.75) is 45.8 Å². The van der Waals surface area contributed by atoms with E-state index in [4.69, 9.17) is 4.74 Å². The minimum absolute atomic E-state index is 0.210. The highest BCUT2D eigenvalue weighted by atomic mass is 16.5. The maximum atomic E-state index is 10.3. The fourth-order valence-electron chi connectivity index (χ4n) is 1.57. The largest absolute Gasteiger partial charge is 0.493 e. The molecule has 15 heavy (non-hydrogen) atoms. The van der Waals surface area contributed by atoms with Crippen LogP contribution >= 0.6 is 0 Å². The van der Waals surface area contributed by atoms with Crippen LogP contribution in [0.5, 0.6) is 5.75 Å². The van der Waals surface area contributed by atoms with Gasteiger partial charge in [-0.05, 0) is 27.2 Å². The van der Waals surface area contributed by atoms with Crippen LogP contribution in [0.4, 0.5) is 0 Å². The molecule has 4 nitrogen and oxygen atoms in total. The van der Waals surface area contributed by atoms with Crippen molar-refractivity contribution in [3.05, 3.63) is 11.9 Å². The Morgan fingerprint density at radius 1 is 1.60 bits per heavy atom. The van der Waals surface area contributed by atoms with Crippen LogP contribution in [0.2, 0.25) is 0 Å². The van der Waals surface area contributed by atoms with Crippen molar-refractivity contribution >= 4 is 0 Å². The third-order valence-electron chi connectivity index (χ3n) is 2.67. The lowest BCUT2D eigenvalue weighted by molar-refractivity contribution is 0.0396. The van der Waals surface area contributed by atoms with Gasteiger partial charge in [0.05, 0.1) is 13.3 Å². The molecule has 86 valence electrons. The number of aromatic nitrogens is 2. The van der Waals surface area contributed by atoms with Crippen molar-refractivity contribution < 1.29 is 9.84 Å². The molecule has 1 aromatic rings. The topological polar surface area (TPSA) is 47.3 Å². The molecule has 0 fully saturated rings. The average Bonchev–Trinajstić information content (AvgIpc) is 2.61. The van der Waals surface area contributed by atoms with Crippen molar-refractivity contribution in [3.8, 4) is 5.75 Å². The first-order valence-corrected chi connectivity index (χ1v) is 5.28. The predicted molar refractivity (Wildman–Crippen MR) is 59.0 cm³/mol. The molecule has 1 unspecified atom stereocenters. The van der Waals surface area contributed by atoms with E-state index < -0.39 is 5.60 Å². The van der Waals surface area contributed by atoms with Crippen molar-refractivity contribution in [2.75, 3.05) is 7.11 Å². The third kappa shape index (κ3) is 2.15. The summed E-state index contributed by atoms with van der Waals surface area (Å²) >= 11 is 0. The molecule has 1 N–H and O–H groups in total. The number of hydrogen-bond acceptors (Lipinski definition) is 3. The van der Waals surface area contributed by atoms with Crippen LogP contribution in [0.15, 0.2) is 6.20 Å². The zero-order valence-corrected chi connectivity index (χ0v) is 10.1. The van der Waals surface area contributed by atoms with Crippen LogP contribution in [0.25, 0.3) is 0 Å². The zero-order chi connectivity index (χ0) is 11.6. The lowest BCUT2D eigenvalue weighted by Gasteiger charge is -2.25. The van der Waals surface area contributed by atoms with Crippen LogP contribution in [0, 0.1) is 0 Å². The first-order valence-electron chi connectivity index (χ1n) is 5.28. The number of methoxy groups -OCH3 is 1. The van der Waals surface area contributed by atoms with Crippen molar-refractivity contribution in [1.82, 2.24) is 9.78 Å². The van der Waals surface area contributed by atoms with Gasteiger partial charge in [0.2, 0.25) is 0 Å². The molecule has 0 aliphatic carbocycles. The Morgan fingerprint density at radius 2 is 2.20 bits per heavy atom. The number of ether oxygens (including phenoxy) is 1. The van der Waals surface area contributed by atoms with Gasteiger partial charge >= 0.3 is 0 Å². The quantitative estimate of drug-likeness (QED) is 0.831. The van der Waals surface area contributed by atoms with Crippen LogP contribution in [-0.2, 0) is 5.60 Å². The van der Waals surface area contributed by atoms with Gasteiger partial charge in [-0.2, -0.15) is 5.10 Å². The summed E-state index contributed by atoms with van der Waals surface area (Å²) < 4.78 is 7.03. The van der Waals surface area contributed by atoms with E-state index in [0.29, 0.717) is 12.2 Å². The lowest BCUT2D eigenvalue weighted by Crippen LogP contribution is -2.26. The predicted octanol–water partition coefficient (Wildman–Crippen LogP) is 2.09. The van der Waals surface area contributed by atoms with Crippen molar-refractivity contribution in [1.29, 1.82) is 0 Å². The average molecular weight is 212 g/mol. The molecule has 0 aliphatic rings. The van der Waals surface area contributed by atoms with Gasteiger partial charge in [0.1, 0.15) is 11.3 Å². The second-order valence-corrected chi connectivity index (χ2v) is 4.23. The molecule has 0 aliphatic heterocycles. The summed E-state index contributed by atoms with van der Waals surface area (Å²) in [7, 11) is 1.59. The number of nitrogens with zero attached hydrogens (tertiary/aromatic N) is 2. The molecule has 1 atom stereocenters. The molecule has 0 spiro atoms. The molecule has 0 saturated heterocycles. The molecule has 0 amide bonds. The summed E-state index contributed by atoms with van der Waals surface area (Å²) in [5.41, 5.74) is -0.144. The van der Waals surface area contributed by atoms with Gasteiger partial charge in [0.15, 0.2) is 5.75 Å². The molecule has 0 aromatic carbocycles. The standard InChI is InChI=1S/C11H20N2O2/c1-6-11(4,14)10-9(15-5)7-12-13(10)8(2)3/h7-8,14H,6H2,1-5H3. The highest BCUT2D eigenvalue weighted by Gasteiger charge is 2.30. The van der Waals surface area contributed by atoms with Gasteiger partial charge in [-0.3, -0.25) is 4.68 Å². The van der Waals surface area contributed by atoms with Gasteiger partial charge < -0.3 is 9.84 Å². The fraction of sp³-hybridized carbons (Fsp3) is 0.727. The monoisotopic (exact) mass is 212 g/mol. The van der Waals surface area contributed by atoms with Crippen LogP contribution in [-0.4, -0.2) is 22.0 Å². The van der Waals surface area contributed by atoms with E-state index in [-0.39, 0.29) is 6.04 Å². The van der Waals surface area contributed by atoms with E-state index in [9.17, 15) is 5.11 Å². The molecule has 1 aromatic heterocycles. The van der Waals surface area contributed by atoms with E-state index in [2.05, 4.69) is 5.10 Å². The van der Waals surface area contributed by atoms with Crippen LogP contribution in [0.1, 0.15) is 45.9 Å². The molecular weight excluding hydrogens is 192 g/mol. The number of aliphatic hydroxyl groups is 1. The highest BCUT2D eigenvalue weighted by molar-refractivity contribution is 5.30. The van der Waals surface area contributed by atoms with E-state index >= 15 is 0 Å². The second kappa shape index (κ2) is 4.23. The summed E-state index contributed by atoms with van der Waals surface area (Å²) in [4.78, 5) is 0. The maximum absolute atomic E-state index is 10.3. The van der Waals surface area contributed by atoms with Gasteiger partial charge in [-0.1, -0.05) is 6.92 Å². The summed E-state index contributed by atoms with van der Waals surface area (Å²) in [6.45, 7) is 7.78. The third-order valence-corrected chi connectivity index (χ3v) is 2.67. The molecule has 0 radical (unpaired) electrons. The SMILES string of the molecule is CCC(C)(O)c1c(OC)cnn1C(C)C. The Hall–Kier alpha value is -1.03. The van der Waals surface area contributed by atoms with E-state index in [1.807, 2.05) is 25.5 Å². The fourth-order valence-corrected chi connectivity index (χ4v) is 1.57. The minimum Gasteiger partial charge on any atom is -0.493 e. The minimum atomic E-state index is -0.897. The molecule has 0 bridgehead atoms. The molecule has 1 heterocycles. The van der Waals surface area contributed by atoms with Crippen LogP contribution < -0.4 is 4.74 Å². The second-order valence-electron chi connectivity index (χ2n) is 4.23. The Morgan fingerprint density at radius 3 is 2.60 bits per heavy atom. The summed E-state index contributed by atoms with van der Waals surface area (Å²) in [6, 6.07) is 0.210. The van der Waals surface area contributed by atoms with Gasteiger partial charge in [-0.25, -0.2) is 0 Å². The molecule has 0 saturated carbocycles. The smallest absolute Gasteiger partial charge is 0.162 e. The molecule has 4 heteroatoms. The Bertz CT molecular complexity index is 329. The van der Waals surface area contributed by atoms with E-state index in [1.54, 1.807) is 20.2 Å². The first kappa shape index (κ1) is 12.0. The highest BCUT2D eigenvalue weighted by Crippen LogP contribution is 2.33. The maximum Gasteiger partial charge on any atom is 0.162 e. The summed E-state index contributed by atoms with van der Waals surface area (Å²) in [5, 5.41) is 14.5. The molecular formula is C11H20N2O2. The Kier molecular flexibility index (Phi) is 3.39.